The van der Waals surface area contributed by atoms with E-state index in [4.69, 9.17) is 0 Å². The van der Waals surface area contributed by atoms with Crippen molar-refractivity contribution in [1.82, 2.24) is 20.5 Å². The van der Waals surface area contributed by atoms with E-state index in [0.29, 0.717) is 32.5 Å². The van der Waals surface area contributed by atoms with Crippen LogP contribution in [0.2, 0.25) is 0 Å². The summed E-state index contributed by atoms with van der Waals surface area (Å²) in [6.07, 6.45) is -1.46. The van der Waals surface area contributed by atoms with Crippen LogP contribution >= 0.6 is 0 Å². The monoisotopic (exact) mass is 330 g/mol. The number of rotatable bonds is 4. The van der Waals surface area contributed by atoms with Gasteiger partial charge < -0.3 is 10.6 Å². The van der Waals surface area contributed by atoms with Crippen LogP contribution in [0.15, 0.2) is 18.3 Å². The standard InChI is InChI=1S/C15H21F3N4O/c1-11-3-2-6-19-13(11)9-20-14(23)21-12-4-7-22(8-5-12)10-15(16,17)18/h2-3,6,12H,4-5,7-10H2,1H3,(H2,20,21,23). The number of aryl methyl sites for hydroxylation is 1. The Morgan fingerprint density at radius 2 is 2.09 bits per heavy atom. The van der Waals surface area contributed by atoms with Crippen LogP contribution in [-0.4, -0.2) is 47.8 Å². The summed E-state index contributed by atoms with van der Waals surface area (Å²) < 4.78 is 36.9. The van der Waals surface area contributed by atoms with Gasteiger partial charge >= 0.3 is 12.2 Å². The summed E-state index contributed by atoms with van der Waals surface area (Å²) >= 11 is 0. The average molecular weight is 330 g/mol. The number of pyridine rings is 1. The smallest absolute Gasteiger partial charge is 0.335 e. The van der Waals surface area contributed by atoms with Gasteiger partial charge in [-0.1, -0.05) is 6.07 Å². The summed E-state index contributed by atoms with van der Waals surface area (Å²) in [5.41, 5.74) is 1.79. The molecule has 2 rings (SSSR count). The fourth-order valence-corrected chi connectivity index (χ4v) is 2.59. The highest BCUT2D eigenvalue weighted by Crippen LogP contribution is 2.19. The zero-order valence-corrected chi connectivity index (χ0v) is 13.0. The molecule has 1 aliphatic rings. The number of urea groups is 1. The molecule has 0 bridgehead atoms. The van der Waals surface area contributed by atoms with Crippen molar-refractivity contribution in [3.8, 4) is 0 Å². The summed E-state index contributed by atoms with van der Waals surface area (Å²) in [5.74, 6) is 0. The molecular weight excluding hydrogens is 309 g/mol. The molecule has 0 aliphatic carbocycles. The minimum Gasteiger partial charge on any atom is -0.335 e. The summed E-state index contributed by atoms with van der Waals surface area (Å²) in [6.45, 7) is 2.03. The molecular formula is C15H21F3N4O. The van der Waals surface area contributed by atoms with Gasteiger partial charge in [0.05, 0.1) is 18.8 Å². The van der Waals surface area contributed by atoms with Crippen molar-refractivity contribution in [1.29, 1.82) is 0 Å². The highest BCUT2D eigenvalue weighted by molar-refractivity contribution is 5.74. The Kier molecular flexibility index (Phi) is 5.81. The van der Waals surface area contributed by atoms with Gasteiger partial charge in [0.1, 0.15) is 0 Å². The fraction of sp³-hybridized carbons (Fsp3) is 0.600. The first-order chi connectivity index (χ1) is 10.8. The van der Waals surface area contributed by atoms with Crippen LogP contribution in [0.3, 0.4) is 0 Å². The molecule has 0 atom stereocenters. The van der Waals surface area contributed by atoms with Gasteiger partial charge in [-0.05, 0) is 31.4 Å². The van der Waals surface area contributed by atoms with Gasteiger partial charge in [0.25, 0.3) is 0 Å². The first kappa shape index (κ1) is 17.5. The molecule has 1 aromatic heterocycles. The molecule has 1 fully saturated rings. The number of nitrogens with one attached hydrogen (secondary N) is 2. The lowest BCUT2D eigenvalue weighted by Crippen LogP contribution is -2.49. The number of likely N-dealkylation sites (tertiary alicyclic amines) is 1. The number of alkyl halides is 3. The molecule has 0 aromatic carbocycles. The second kappa shape index (κ2) is 7.63. The molecule has 5 nitrogen and oxygen atoms in total. The number of nitrogens with zero attached hydrogens (tertiary/aromatic N) is 2. The summed E-state index contributed by atoms with van der Waals surface area (Å²) in [7, 11) is 0. The number of aromatic nitrogens is 1. The third-order valence-corrected chi connectivity index (χ3v) is 3.86. The van der Waals surface area contributed by atoms with E-state index in [1.807, 2.05) is 19.1 Å². The molecule has 23 heavy (non-hydrogen) atoms. The van der Waals surface area contributed by atoms with E-state index in [1.54, 1.807) is 6.20 Å². The Labute approximate surface area is 133 Å². The lowest BCUT2D eigenvalue weighted by Gasteiger charge is -2.32. The number of amides is 2. The number of halogens is 3. The number of carbonyl (C=O) groups is 1. The van der Waals surface area contributed by atoms with Crippen molar-refractivity contribution in [2.75, 3.05) is 19.6 Å². The lowest BCUT2D eigenvalue weighted by atomic mass is 10.1. The maximum atomic E-state index is 12.3. The summed E-state index contributed by atoms with van der Waals surface area (Å²) in [6, 6.07) is 3.33. The molecule has 1 aromatic rings. The van der Waals surface area contributed by atoms with Crippen molar-refractivity contribution in [2.45, 2.75) is 38.5 Å². The van der Waals surface area contributed by atoms with Gasteiger partial charge in [0, 0.05) is 25.3 Å². The molecule has 0 saturated carbocycles. The number of hydrogen-bond acceptors (Lipinski definition) is 3. The van der Waals surface area contributed by atoms with Crippen LogP contribution in [0.1, 0.15) is 24.1 Å². The first-order valence-electron chi connectivity index (χ1n) is 7.57. The van der Waals surface area contributed by atoms with Crippen molar-refractivity contribution >= 4 is 6.03 Å². The van der Waals surface area contributed by atoms with Gasteiger partial charge in [-0.15, -0.1) is 0 Å². The Morgan fingerprint density at radius 1 is 1.39 bits per heavy atom. The maximum absolute atomic E-state index is 12.3. The second-order valence-corrected chi connectivity index (χ2v) is 5.76. The van der Waals surface area contributed by atoms with Gasteiger partial charge in [0.2, 0.25) is 0 Å². The van der Waals surface area contributed by atoms with Gasteiger partial charge in [0.15, 0.2) is 0 Å². The normalized spacial score (nSPS) is 17.0. The van der Waals surface area contributed by atoms with Crippen LogP contribution in [0, 0.1) is 6.92 Å². The van der Waals surface area contributed by atoms with Crippen LogP contribution in [0.4, 0.5) is 18.0 Å². The van der Waals surface area contributed by atoms with Crippen molar-refractivity contribution < 1.29 is 18.0 Å². The molecule has 1 saturated heterocycles. The van der Waals surface area contributed by atoms with E-state index >= 15 is 0 Å². The Balaban J connectivity index is 1.70. The van der Waals surface area contributed by atoms with Crippen LogP contribution < -0.4 is 10.6 Å². The molecule has 0 unspecified atom stereocenters. The van der Waals surface area contributed by atoms with Gasteiger partial charge in [-0.3, -0.25) is 9.88 Å². The Morgan fingerprint density at radius 3 is 2.70 bits per heavy atom. The zero-order chi connectivity index (χ0) is 16.9. The van der Waals surface area contributed by atoms with E-state index < -0.39 is 12.7 Å². The van der Waals surface area contributed by atoms with Crippen molar-refractivity contribution in [2.24, 2.45) is 0 Å². The van der Waals surface area contributed by atoms with Gasteiger partial charge in [-0.2, -0.15) is 13.2 Å². The highest BCUT2D eigenvalue weighted by Gasteiger charge is 2.32. The lowest BCUT2D eigenvalue weighted by molar-refractivity contribution is -0.148. The maximum Gasteiger partial charge on any atom is 0.401 e. The molecule has 2 amide bonds. The predicted octanol–water partition coefficient (Wildman–Crippen LogP) is 2.22. The van der Waals surface area contributed by atoms with E-state index in [-0.39, 0.29) is 12.1 Å². The largest absolute Gasteiger partial charge is 0.401 e. The molecule has 0 spiro atoms. The molecule has 1 aliphatic heterocycles. The van der Waals surface area contributed by atoms with E-state index in [9.17, 15) is 18.0 Å². The minimum atomic E-state index is -4.17. The predicted molar refractivity (Wildman–Crippen MR) is 79.9 cm³/mol. The number of carbonyl (C=O) groups excluding carboxylic acids is 1. The quantitative estimate of drug-likeness (QED) is 0.890. The number of piperidine rings is 1. The number of hydrogen-bond donors (Lipinski definition) is 2. The Bertz CT molecular complexity index is 528. The zero-order valence-electron chi connectivity index (χ0n) is 13.0. The molecule has 2 N–H and O–H groups in total. The van der Waals surface area contributed by atoms with E-state index in [0.717, 1.165) is 11.3 Å². The van der Waals surface area contributed by atoms with Crippen LogP contribution in [0.5, 0.6) is 0 Å². The Hall–Kier alpha value is -1.83. The first-order valence-corrected chi connectivity index (χ1v) is 7.57. The van der Waals surface area contributed by atoms with Crippen LogP contribution in [0.25, 0.3) is 0 Å². The van der Waals surface area contributed by atoms with E-state index in [2.05, 4.69) is 15.6 Å². The molecule has 8 heteroatoms. The summed E-state index contributed by atoms with van der Waals surface area (Å²) in [5, 5.41) is 5.54. The average Bonchev–Trinajstić information content (AvgIpc) is 2.47. The molecule has 128 valence electrons. The van der Waals surface area contributed by atoms with Crippen molar-refractivity contribution in [3.63, 3.8) is 0 Å². The SMILES string of the molecule is Cc1cccnc1CNC(=O)NC1CCN(CC(F)(F)F)CC1. The highest BCUT2D eigenvalue weighted by atomic mass is 19.4. The molecule has 2 heterocycles. The second-order valence-electron chi connectivity index (χ2n) is 5.76. The topological polar surface area (TPSA) is 57.3 Å². The molecule has 0 radical (unpaired) electrons. The summed E-state index contributed by atoms with van der Waals surface area (Å²) in [4.78, 5) is 17.4. The van der Waals surface area contributed by atoms with E-state index in [1.165, 1.54) is 4.90 Å². The van der Waals surface area contributed by atoms with Gasteiger partial charge in [-0.25, -0.2) is 4.79 Å². The third kappa shape index (κ3) is 6.05. The van der Waals surface area contributed by atoms with Crippen LogP contribution in [-0.2, 0) is 6.54 Å². The van der Waals surface area contributed by atoms with Crippen molar-refractivity contribution in [3.05, 3.63) is 29.6 Å². The third-order valence-electron chi connectivity index (χ3n) is 3.86. The fourth-order valence-electron chi connectivity index (χ4n) is 2.59. The minimum absolute atomic E-state index is 0.0932.